The van der Waals surface area contributed by atoms with Gasteiger partial charge in [0.2, 0.25) is 5.88 Å². The Morgan fingerprint density at radius 1 is 1.30 bits per heavy atom. The summed E-state index contributed by atoms with van der Waals surface area (Å²) in [6.07, 6.45) is 1.44. The quantitative estimate of drug-likeness (QED) is 0.435. The number of benzene rings is 1. The van der Waals surface area contributed by atoms with Crippen LogP contribution in [0, 0.1) is 10.1 Å². The number of amides is 1. The van der Waals surface area contributed by atoms with Crippen LogP contribution in [-0.4, -0.2) is 25.9 Å². The van der Waals surface area contributed by atoms with Crippen LogP contribution in [0.25, 0.3) is 10.9 Å². The number of nitrogens with zero attached hydrogens (tertiary/aromatic N) is 4. The molecule has 1 aromatic carbocycles. The summed E-state index contributed by atoms with van der Waals surface area (Å²) >= 11 is 0. The van der Waals surface area contributed by atoms with Crippen LogP contribution in [0.1, 0.15) is 10.5 Å². The van der Waals surface area contributed by atoms with Crippen LogP contribution in [0.2, 0.25) is 0 Å². The van der Waals surface area contributed by atoms with Gasteiger partial charge in [-0.2, -0.15) is 0 Å². The molecule has 0 radical (unpaired) electrons. The first-order valence-electron chi connectivity index (χ1n) is 6.42. The number of nitro groups is 1. The van der Waals surface area contributed by atoms with E-state index in [2.05, 4.69) is 20.2 Å². The highest BCUT2D eigenvalue weighted by Crippen LogP contribution is 2.37. The van der Waals surface area contributed by atoms with Crippen LogP contribution in [0.5, 0.6) is 5.88 Å². The number of aromatic amines is 1. The number of hydrogen-bond acceptors (Lipinski definition) is 6. The molecule has 0 saturated heterocycles. The fourth-order valence-corrected chi connectivity index (χ4v) is 2.00. The van der Waals surface area contributed by atoms with Crippen molar-refractivity contribution in [3.05, 3.63) is 58.4 Å². The lowest BCUT2D eigenvalue weighted by Gasteiger charge is -1.94. The third-order valence-electron chi connectivity index (χ3n) is 3.07. The summed E-state index contributed by atoms with van der Waals surface area (Å²) in [5.41, 5.74) is 0.325. The first-order valence-corrected chi connectivity index (χ1v) is 6.42. The van der Waals surface area contributed by atoms with Crippen LogP contribution >= 0.6 is 0 Å². The highest BCUT2D eigenvalue weighted by atomic mass is 16.6. The number of pyridine rings is 1. The maximum atomic E-state index is 11.8. The van der Waals surface area contributed by atoms with E-state index in [0.29, 0.717) is 5.52 Å². The molecule has 0 atom stereocenters. The van der Waals surface area contributed by atoms with Gasteiger partial charge in [-0.25, -0.2) is 0 Å². The van der Waals surface area contributed by atoms with Gasteiger partial charge >= 0.3 is 5.91 Å². The van der Waals surface area contributed by atoms with Crippen molar-refractivity contribution in [2.24, 2.45) is 10.2 Å². The number of H-pyrrole nitrogens is 1. The number of aromatic hydroxyl groups is 1. The van der Waals surface area contributed by atoms with E-state index in [1.165, 1.54) is 30.5 Å². The molecule has 3 rings (SSSR count). The Balaban J connectivity index is 2.00. The molecule has 0 unspecified atom stereocenters. The Morgan fingerprint density at radius 2 is 2.13 bits per heavy atom. The number of aromatic nitrogens is 2. The van der Waals surface area contributed by atoms with E-state index in [0.717, 1.165) is 0 Å². The topological polar surface area (TPSA) is 134 Å². The van der Waals surface area contributed by atoms with E-state index < -0.39 is 10.8 Å². The Morgan fingerprint density at radius 3 is 2.83 bits per heavy atom. The molecule has 23 heavy (non-hydrogen) atoms. The number of fused-ring (bicyclic) bond motifs is 1. The lowest BCUT2D eigenvalue weighted by Crippen LogP contribution is -1.96. The average Bonchev–Trinajstić information content (AvgIpc) is 2.87. The van der Waals surface area contributed by atoms with Gasteiger partial charge in [-0.15, -0.1) is 10.2 Å². The number of rotatable bonds is 3. The van der Waals surface area contributed by atoms with Crippen molar-refractivity contribution in [1.82, 2.24) is 9.97 Å². The summed E-state index contributed by atoms with van der Waals surface area (Å²) in [5, 5.41) is 28.2. The second-order valence-electron chi connectivity index (χ2n) is 4.53. The smallest absolute Gasteiger partial charge is 0.313 e. The average molecular weight is 311 g/mol. The summed E-state index contributed by atoms with van der Waals surface area (Å²) in [6.45, 7) is 0. The van der Waals surface area contributed by atoms with Crippen molar-refractivity contribution in [2.45, 2.75) is 0 Å². The summed E-state index contributed by atoms with van der Waals surface area (Å²) in [5.74, 6) is -1.03. The molecule has 2 N–H and O–H groups in total. The zero-order chi connectivity index (χ0) is 16.4. The van der Waals surface area contributed by atoms with Crippen molar-refractivity contribution < 1.29 is 14.8 Å². The molecule has 0 fully saturated rings. The molecular weight excluding hydrogens is 302 g/mol. The van der Waals surface area contributed by atoms with E-state index in [4.69, 9.17) is 0 Å². The van der Waals surface area contributed by atoms with Crippen molar-refractivity contribution >= 4 is 28.2 Å². The number of carbonyl (C=O) groups is 1. The lowest BCUT2D eigenvalue weighted by atomic mass is 10.2. The SMILES string of the molecule is O=C(N=Nc1c(O)[nH]c2ccc([N+](=O)[O-])cc12)c1ccccn1. The van der Waals surface area contributed by atoms with E-state index in [9.17, 15) is 20.0 Å². The molecule has 9 heteroatoms. The van der Waals surface area contributed by atoms with Gasteiger partial charge in [-0.3, -0.25) is 19.9 Å². The molecule has 2 heterocycles. The van der Waals surface area contributed by atoms with Gasteiger partial charge in [0, 0.05) is 23.7 Å². The maximum Gasteiger partial charge on any atom is 0.313 e. The number of hydrogen-bond donors (Lipinski definition) is 2. The molecule has 2 aromatic heterocycles. The second kappa shape index (κ2) is 5.64. The van der Waals surface area contributed by atoms with Gasteiger partial charge in [0.15, 0.2) is 5.69 Å². The number of nitrogens with one attached hydrogen (secondary N) is 1. The molecule has 0 aliphatic rings. The number of carbonyl (C=O) groups excluding carboxylic acids is 1. The molecule has 9 nitrogen and oxygen atoms in total. The summed E-state index contributed by atoms with van der Waals surface area (Å²) < 4.78 is 0. The largest absolute Gasteiger partial charge is 0.493 e. The lowest BCUT2D eigenvalue weighted by molar-refractivity contribution is -0.384. The predicted octanol–water partition coefficient (Wildman–Crippen LogP) is 3.10. The first kappa shape index (κ1) is 14.3. The van der Waals surface area contributed by atoms with Crippen molar-refractivity contribution in [1.29, 1.82) is 0 Å². The van der Waals surface area contributed by atoms with Gasteiger partial charge in [0.1, 0.15) is 5.69 Å². The Kier molecular flexibility index (Phi) is 3.51. The van der Waals surface area contributed by atoms with Crippen LogP contribution in [0.3, 0.4) is 0 Å². The highest BCUT2D eigenvalue weighted by Gasteiger charge is 2.15. The molecule has 0 bridgehead atoms. The monoisotopic (exact) mass is 311 g/mol. The Labute approximate surface area is 128 Å². The van der Waals surface area contributed by atoms with E-state index in [1.54, 1.807) is 12.1 Å². The van der Waals surface area contributed by atoms with Gasteiger partial charge in [-0.05, 0) is 18.2 Å². The molecule has 3 aromatic rings. The standard InChI is InChI=1S/C14H9N5O4/c20-13(11-3-1-2-6-15-11)18-17-12-9-7-8(19(22)23)4-5-10(9)16-14(12)21/h1-7,16,21H. The molecule has 0 aliphatic carbocycles. The van der Waals surface area contributed by atoms with E-state index in [1.807, 2.05) is 0 Å². The summed E-state index contributed by atoms with van der Waals surface area (Å²) in [4.78, 5) is 28.6. The minimum Gasteiger partial charge on any atom is -0.493 e. The fourth-order valence-electron chi connectivity index (χ4n) is 2.00. The highest BCUT2D eigenvalue weighted by molar-refractivity contribution is 5.97. The predicted molar refractivity (Wildman–Crippen MR) is 79.7 cm³/mol. The molecular formula is C14H9N5O4. The molecule has 0 saturated carbocycles. The second-order valence-corrected chi connectivity index (χ2v) is 4.53. The normalized spacial score (nSPS) is 11.1. The Bertz CT molecular complexity index is 933. The summed E-state index contributed by atoms with van der Waals surface area (Å²) in [6, 6.07) is 8.72. The first-order chi connectivity index (χ1) is 11.1. The molecule has 0 spiro atoms. The van der Waals surface area contributed by atoms with Crippen molar-refractivity contribution in [3.63, 3.8) is 0 Å². The van der Waals surface area contributed by atoms with E-state index >= 15 is 0 Å². The van der Waals surface area contributed by atoms with Gasteiger partial charge in [0.05, 0.1) is 10.4 Å². The summed E-state index contributed by atoms with van der Waals surface area (Å²) in [7, 11) is 0. The molecule has 1 amide bonds. The zero-order valence-electron chi connectivity index (χ0n) is 11.5. The van der Waals surface area contributed by atoms with Gasteiger partial charge in [0.25, 0.3) is 5.69 Å². The minimum atomic E-state index is -0.690. The number of azo groups is 1. The van der Waals surface area contributed by atoms with Crippen LogP contribution in [-0.2, 0) is 0 Å². The fraction of sp³-hybridized carbons (Fsp3) is 0. The molecule has 0 aliphatic heterocycles. The third kappa shape index (κ3) is 2.75. The number of nitro benzene ring substituents is 1. The van der Waals surface area contributed by atoms with Crippen molar-refractivity contribution in [2.75, 3.05) is 0 Å². The van der Waals surface area contributed by atoms with E-state index in [-0.39, 0.29) is 28.3 Å². The van der Waals surface area contributed by atoms with Crippen LogP contribution in [0.4, 0.5) is 11.4 Å². The van der Waals surface area contributed by atoms with Crippen LogP contribution < -0.4 is 0 Å². The van der Waals surface area contributed by atoms with Crippen LogP contribution in [0.15, 0.2) is 52.8 Å². The van der Waals surface area contributed by atoms with Gasteiger partial charge in [-0.1, -0.05) is 6.07 Å². The third-order valence-corrected chi connectivity index (χ3v) is 3.07. The maximum absolute atomic E-state index is 11.8. The number of non-ortho nitro benzene ring substituents is 1. The molecule has 114 valence electrons. The zero-order valence-corrected chi connectivity index (χ0v) is 11.5. The van der Waals surface area contributed by atoms with Gasteiger partial charge < -0.3 is 10.1 Å². The Hall–Kier alpha value is -3.62. The van der Waals surface area contributed by atoms with Crippen molar-refractivity contribution in [3.8, 4) is 5.88 Å². The minimum absolute atomic E-state index is 0.0482.